The Labute approximate surface area is 363 Å². The van der Waals surface area contributed by atoms with Gasteiger partial charge in [0.2, 0.25) is 0 Å². The first kappa shape index (κ1) is 38.8. The number of carbonyl (C=O) groups excluding carboxylic acids is 1. The van der Waals surface area contributed by atoms with Crippen LogP contribution in [0.1, 0.15) is 107 Å². The molecule has 1 spiro atoms. The molecule has 17 heteroatoms. The highest BCUT2D eigenvalue weighted by molar-refractivity contribution is 5.99. The third kappa shape index (κ3) is 5.64. The largest absolute Gasteiger partial charge is 0.438 e. The van der Waals surface area contributed by atoms with E-state index in [1.165, 1.54) is 27.1 Å². The zero-order valence-corrected chi connectivity index (χ0v) is 35.7. The molecule has 0 bridgehead atoms. The lowest BCUT2D eigenvalue weighted by Crippen LogP contribution is -2.40. The van der Waals surface area contributed by atoms with Crippen LogP contribution >= 0.6 is 0 Å². The van der Waals surface area contributed by atoms with E-state index in [-0.39, 0.29) is 28.4 Å². The van der Waals surface area contributed by atoms with Crippen molar-refractivity contribution in [1.82, 2.24) is 48.1 Å². The molecule has 6 aromatic heterocycles. The van der Waals surface area contributed by atoms with Crippen molar-refractivity contribution in [3.05, 3.63) is 145 Å². The molecule has 1 amide bonds. The first-order chi connectivity index (χ1) is 30.8. The van der Waals surface area contributed by atoms with Gasteiger partial charge in [0, 0.05) is 62.5 Å². The molecule has 4 aliphatic rings. The highest BCUT2D eigenvalue weighted by Crippen LogP contribution is 2.56. The third-order valence-corrected chi connectivity index (χ3v) is 14.4. The minimum Gasteiger partial charge on any atom is -0.375 e. The Morgan fingerprint density at radius 1 is 0.953 bits per heavy atom. The van der Waals surface area contributed by atoms with Crippen molar-refractivity contribution in [2.75, 3.05) is 13.2 Å². The normalized spacial score (nSPS) is 19.8. The van der Waals surface area contributed by atoms with Crippen molar-refractivity contribution in [1.29, 1.82) is 0 Å². The molecule has 2 saturated carbocycles. The summed E-state index contributed by atoms with van der Waals surface area (Å²) in [5, 5.41) is 13.7. The number of aromatic nitrogens is 9. The van der Waals surface area contributed by atoms with Crippen LogP contribution in [0.3, 0.4) is 0 Å². The second-order valence-electron chi connectivity index (χ2n) is 18.3. The van der Waals surface area contributed by atoms with E-state index in [2.05, 4.69) is 33.6 Å². The van der Waals surface area contributed by atoms with E-state index in [4.69, 9.17) is 14.4 Å². The molecule has 12 rings (SSSR count). The monoisotopic (exact) mass is 866 g/mol. The van der Waals surface area contributed by atoms with Crippen LogP contribution in [0.2, 0.25) is 0 Å². The van der Waals surface area contributed by atoms with E-state index in [0.29, 0.717) is 89.1 Å². The average Bonchev–Trinajstić information content (AvgIpc) is 3.84. The summed E-state index contributed by atoms with van der Waals surface area (Å²) in [6.07, 6.45) is 14.2. The number of aromatic amines is 1. The number of fused-ring (bicyclic) bond motifs is 3. The van der Waals surface area contributed by atoms with Gasteiger partial charge >= 0.3 is 11.4 Å². The first-order valence-corrected chi connectivity index (χ1v) is 21.8. The molecular formula is C47H44F2N10O5. The summed E-state index contributed by atoms with van der Waals surface area (Å²) in [6.45, 7) is 6.29. The number of nitrogens with zero attached hydrogens (tertiary/aromatic N) is 9. The smallest absolute Gasteiger partial charge is 0.375 e. The number of halogens is 2. The van der Waals surface area contributed by atoms with Gasteiger partial charge in [-0.3, -0.25) is 28.1 Å². The molecule has 2 aliphatic carbocycles. The van der Waals surface area contributed by atoms with Crippen LogP contribution in [-0.2, 0) is 23.6 Å². The summed E-state index contributed by atoms with van der Waals surface area (Å²) in [5.74, 6) is -0.774. The number of benzene rings is 2. The highest BCUT2D eigenvalue weighted by atomic mass is 19.1. The van der Waals surface area contributed by atoms with Gasteiger partial charge in [-0.2, -0.15) is 10.2 Å². The summed E-state index contributed by atoms with van der Waals surface area (Å²) in [4.78, 5) is 47.0. The molecule has 1 N–H and O–H groups in total. The molecule has 1 saturated heterocycles. The summed E-state index contributed by atoms with van der Waals surface area (Å²) < 4.78 is 50.3. The topological polar surface area (TPSA) is 155 Å². The molecule has 3 fully saturated rings. The zero-order valence-electron chi connectivity index (χ0n) is 35.7. The SMILES string of the molecule is Cc1cc(-n2nc3c(c2-n2ccn(-c4ccc5c(cnn5C)c4F)c2=O)[C@H](C)N(C(=O)c2cn4cc([C@@H]5CCOC6(CC6)C5)ccc4c2C2(c4noc(=O)[nH]4)CC2)CC3)cc(C)c1F. The van der Waals surface area contributed by atoms with Gasteiger partial charge in [0.05, 0.1) is 62.3 Å². The Hall–Kier alpha value is -6.88. The molecule has 0 radical (unpaired) electrons. The summed E-state index contributed by atoms with van der Waals surface area (Å²) in [7, 11) is 1.72. The second kappa shape index (κ2) is 13.6. The Kier molecular flexibility index (Phi) is 8.22. The number of aryl methyl sites for hydroxylation is 3. The maximum atomic E-state index is 16.1. The van der Waals surface area contributed by atoms with Crippen LogP contribution in [0.15, 0.2) is 81.5 Å². The molecule has 2 aliphatic heterocycles. The number of rotatable bonds is 7. The Morgan fingerprint density at radius 2 is 1.72 bits per heavy atom. The van der Waals surface area contributed by atoms with Crippen LogP contribution in [0.4, 0.5) is 8.78 Å². The fourth-order valence-electron chi connectivity index (χ4n) is 10.7. The van der Waals surface area contributed by atoms with Crippen LogP contribution in [0.25, 0.3) is 33.6 Å². The predicted octanol–water partition coefficient (Wildman–Crippen LogP) is 6.79. The molecule has 8 heterocycles. The number of carbonyl (C=O) groups is 1. The maximum absolute atomic E-state index is 16.1. The van der Waals surface area contributed by atoms with Crippen molar-refractivity contribution in [2.45, 2.75) is 88.7 Å². The zero-order chi connectivity index (χ0) is 44.0. The number of imidazole rings is 1. The average molecular weight is 867 g/mol. The molecule has 15 nitrogen and oxygen atoms in total. The molecule has 326 valence electrons. The number of amides is 1. The van der Waals surface area contributed by atoms with Gasteiger partial charge in [0.25, 0.3) is 5.91 Å². The van der Waals surface area contributed by atoms with Gasteiger partial charge in [-0.15, -0.1) is 0 Å². The fourth-order valence-corrected chi connectivity index (χ4v) is 10.7. The quantitative estimate of drug-likeness (QED) is 0.184. The van der Waals surface area contributed by atoms with E-state index in [0.717, 1.165) is 36.8 Å². The van der Waals surface area contributed by atoms with Crippen LogP contribution in [-0.4, -0.2) is 72.8 Å². The summed E-state index contributed by atoms with van der Waals surface area (Å²) in [5.41, 5.74) is 5.20. The number of pyridine rings is 1. The minimum atomic E-state index is -0.743. The predicted molar refractivity (Wildman–Crippen MR) is 230 cm³/mol. The van der Waals surface area contributed by atoms with Gasteiger partial charge in [-0.25, -0.2) is 23.1 Å². The maximum Gasteiger partial charge on any atom is 0.438 e. The standard InChI is InChI=1S/C47H44F2N10O5/c1-25-19-30(20-26(2)39(25)48)59-41(58-17-16-57(45(58)62)36-8-7-34-31(40(36)49)22-50-54(34)4)37-27(3)56(15-9-33(37)52-59)42(60)32-24-55-23-29(28-10-18-63-46(21-28)11-12-46)5-6-35(55)38(32)47(13-14-47)43-51-44(61)64-53-43/h5-8,16-17,19-20,22-24,27-28H,9-15,18,21H2,1-4H3,(H,51,53,61)/t27-,28+/m0/s1. The van der Waals surface area contributed by atoms with E-state index < -0.39 is 28.7 Å². The minimum absolute atomic E-state index is 0.0138. The lowest BCUT2D eigenvalue weighted by Gasteiger charge is -2.34. The summed E-state index contributed by atoms with van der Waals surface area (Å²) in [6, 6.07) is 10.2. The van der Waals surface area contributed by atoms with Crippen molar-refractivity contribution in [3.8, 4) is 17.2 Å². The Balaban J connectivity index is 0.993. The fraction of sp³-hybridized carbons (Fsp3) is 0.362. The Morgan fingerprint density at radius 3 is 2.45 bits per heavy atom. The lowest BCUT2D eigenvalue weighted by atomic mass is 9.87. The number of hydrogen-bond donors (Lipinski definition) is 1. The van der Waals surface area contributed by atoms with E-state index in [9.17, 15) is 9.59 Å². The molecule has 64 heavy (non-hydrogen) atoms. The third-order valence-electron chi connectivity index (χ3n) is 14.4. The van der Waals surface area contributed by atoms with Gasteiger partial charge in [-0.1, -0.05) is 11.2 Å². The molecule has 2 aromatic carbocycles. The molecular weight excluding hydrogens is 823 g/mol. The lowest BCUT2D eigenvalue weighted by molar-refractivity contribution is -0.0132. The number of ether oxygens (including phenoxy) is 1. The number of H-pyrrole nitrogens is 1. The van der Waals surface area contributed by atoms with Gasteiger partial charge < -0.3 is 14.0 Å². The molecule has 0 unspecified atom stereocenters. The number of nitrogens with one attached hydrogen (secondary N) is 1. The van der Waals surface area contributed by atoms with Crippen LogP contribution < -0.4 is 11.4 Å². The van der Waals surface area contributed by atoms with Crippen molar-refractivity contribution in [3.63, 3.8) is 0 Å². The number of hydrogen-bond acceptors (Lipinski definition) is 8. The first-order valence-electron chi connectivity index (χ1n) is 21.8. The van der Waals surface area contributed by atoms with Crippen molar-refractivity contribution >= 4 is 22.3 Å². The van der Waals surface area contributed by atoms with Crippen molar-refractivity contribution in [2.24, 2.45) is 7.05 Å². The van der Waals surface area contributed by atoms with Gasteiger partial charge in [-0.05, 0) is 112 Å². The van der Waals surface area contributed by atoms with E-state index >= 15 is 13.6 Å². The van der Waals surface area contributed by atoms with E-state index in [1.54, 1.807) is 65.6 Å². The highest BCUT2D eigenvalue weighted by Gasteiger charge is 2.54. The van der Waals surface area contributed by atoms with E-state index in [1.807, 2.05) is 17.5 Å². The molecule has 8 aromatic rings. The van der Waals surface area contributed by atoms with Crippen molar-refractivity contribution < 1.29 is 22.8 Å². The second-order valence-corrected chi connectivity index (χ2v) is 18.3. The van der Waals surface area contributed by atoms with Crippen LogP contribution in [0, 0.1) is 25.5 Å². The van der Waals surface area contributed by atoms with Gasteiger partial charge in [0.1, 0.15) is 11.6 Å². The van der Waals surface area contributed by atoms with Gasteiger partial charge in [0.15, 0.2) is 11.6 Å². The summed E-state index contributed by atoms with van der Waals surface area (Å²) >= 11 is 0. The van der Waals surface area contributed by atoms with Crippen LogP contribution in [0.5, 0.6) is 0 Å². The molecule has 2 atom stereocenters. The Bertz CT molecular complexity index is 3370.